The van der Waals surface area contributed by atoms with Crippen molar-refractivity contribution in [2.24, 2.45) is 0 Å². The number of aromatic nitrogens is 3. The van der Waals surface area contributed by atoms with Gasteiger partial charge in [-0.2, -0.15) is 0 Å². The summed E-state index contributed by atoms with van der Waals surface area (Å²) < 4.78 is 2.85. The number of nitrogens with zero attached hydrogens (tertiary/aromatic N) is 4. The zero-order chi connectivity index (χ0) is 14.7. The van der Waals surface area contributed by atoms with Crippen molar-refractivity contribution in [2.75, 3.05) is 7.05 Å². The SMILES string of the molecule is CC(=O)N(C)Cc1cn(C(C)c2cccc(Br)c2)nn1. The Kier molecular flexibility index (Phi) is 4.54. The molecular weight excluding hydrogens is 320 g/mol. The third-order valence-electron chi connectivity index (χ3n) is 3.22. The maximum atomic E-state index is 11.2. The minimum atomic E-state index is 0.0135. The molecule has 1 aromatic heterocycles. The fourth-order valence-electron chi connectivity index (χ4n) is 1.85. The van der Waals surface area contributed by atoms with E-state index >= 15 is 0 Å². The Morgan fingerprint density at radius 3 is 2.90 bits per heavy atom. The third kappa shape index (κ3) is 3.45. The summed E-state index contributed by atoms with van der Waals surface area (Å²) in [6, 6.07) is 8.20. The van der Waals surface area contributed by atoms with Gasteiger partial charge in [0.2, 0.25) is 5.91 Å². The number of rotatable bonds is 4. The molecule has 1 atom stereocenters. The van der Waals surface area contributed by atoms with Crippen LogP contribution < -0.4 is 0 Å². The maximum absolute atomic E-state index is 11.2. The highest BCUT2D eigenvalue weighted by atomic mass is 79.9. The molecule has 106 valence electrons. The Morgan fingerprint density at radius 2 is 2.25 bits per heavy atom. The summed E-state index contributed by atoms with van der Waals surface area (Å²) in [5, 5.41) is 8.26. The smallest absolute Gasteiger partial charge is 0.219 e. The highest BCUT2D eigenvalue weighted by Crippen LogP contribution is 2.20. The van der Waals surface area contributed by atoms with Crippen LogP contribution in [0.15, 0.2) is 34.9 Å². The van der Waals surface area contributed by atoms with Crippen molar-refractivity contribution < 1.29 is 4.79 Å². The summed E-state index contributed by atoms with van der Waals surface area (Å²) in [5.41, 5.74) is 1.93. The van der Waals surface area contributed by atoms with Gasteiger partial charge in [0, 0.05) is 18.4 Å². The number of hydrogen-bond donors (Lipinski definition) is 0. The quantitative estimate of drug-likeness (QED) is 0.862. The lowest BCUT2D eigenvalue weighted by molar-refractivity contribution is -0.128. The van der Waals surface area contributed by atoms with E-state index in [1.807, 2.05) is 23.0 Å². The molecule has 0 spiro atoms. The molecule has 20 heavy (non-hydrogen) atoms. The Morgan fingerprint density at radius 1 is 1.50 bits per heavy atom. The van der Waals surface area contributed by atoms with Crippen LogP contribution >= 0.6 is 15.9 Å². The van der Waals surface area contributed by atoms with Crippen molar-refractivity contribution in [2.45, 2.75) is 26.4 Å². The third-order valence-corrected chi connectivity index (χ3v) is 3.72. The molecule has 0 aliphatic heterocycles. The molecule has 6 heteroatoms. The Hall–Kier alpha value is -1.69. The van der Waals surface area contributed by atoms with Crippen LogP contribution in [0.4, 0.5) is 0 Å². The Bertz CT molecular complexity index is 611. The highest BCUT2D eigenvalue weighted by Gasteiger charge is 2.12. The molecule has 1 unspecified atom stereocenters. The molecule has 1 heterocycles. The van der Waals surface area contributed by atoms with Crippen LogP contribution in [0, 0.1) is 0 Å². The lowest BCUT2D eigenvalue weighted by atomic mass is 10.1. The lowest BCUT2D eigenvalue weighted by Crippen LogP contribution is -2.23. The number of halogens is 1. The van der Waals surface area contributed by atoms with E-state index < -0.39 is 0 Å². The second-order valence-electron chi connectivity index (χ2n) is 4.80. The molecule has 1 amide bonds. The van der Waals surface area contributed by atoms with Crippen molar-refractivity contribution in [3.05, 3.63) is 46.2 Å². The number of carbonyl (C=O) groups excluding carboxylic acids is 1. The first-order chi connectivity index (χ1) is 9.47. The molecule has 0 bridgehead atoms. The minimum absolute atomic E-state index is 0.0135. The van der Waals surface area contributed by atoms with Crippen LogP contribution in [-0.2, 0) is 11.3 Å². The summed E-state index contributed by atoms with van der Waals surface area (Å²) >= 11 is 3.47. The molecule has 0 saturated heterocycles. The molecule has 0 aliphatic carbocycles. The Balaban J connectivity index is 2.14. The van der Waals surface area contributed by atoms with E-state index in [4.69, 9.17) is 0 Å². The second-order valence-corrected chi connectivity index (χ2v) is 5.71. The van der Waals surface area contributed by atoms with Gasteiger partial charge in [-0.3, -0.25) is 4.79 Å². The van der Waals surface area contributed by atoms with E-state index in [0.29, 0.717) is 6.54 Å². The summed E-state index contributed by atoms with van der Waals surface area (Å²) in [5.74, 6) is 0.0135. The highest BCUT2D eigenvalue weighted by molar-refractivity contribution is 9.10. The van der Waals surface area contributed by atoms with Crippen LogP contribution in [0.25, 0.3) is 0 Å². The average molecular weight is 337 g/mol. The van der Waals surface area contributed by atoms with Crippen LogP contribution in [0.1, 0.15) is 31.1 Å². The fraction of sp³-hybridized carbons (Fsp3) is 0.357. The molecular formula is C14H17BrN4O. The number of hydrogen-bond acceptors (Lipinski definition) is 3. The van der Waals surface area contributed by atoms with Crippen molar-refractivity contribution in [3.63, 3.8) is 0 Å². The normalized spacial score (nSPS) is 12.2. The second kappa shape index (κ2) is 6.17. The largest absolute Gasteiger partial charge is 0.340 e. The molecule has 0 saturated carbocycles. The average Bonchev–Trinajstić information content (AvgIpc) is 2.86. The van der Waals surface area contributed by atoms with E-state index in [1.54, 1.807) is 11.9 Å². The zero-order valence-corrected chi connectivity index (χ0v) is 13.3. The molecule has 0 aliphatic rings. The van der Waals surface area contributed by atoms with Gasteiger partial charge in [-0.1, -0.05) is 33.3 Å². The zero-order valence-electron chi connectivity index (χ0n) is 11.7. The Labute approximate surface area is 126 Å². The van der Waals surface area contributed by atoms with Gasteiger partial charge in [0.25, 0.3) is 0 Å². The molecule has 1 aromatic carbocycles. The molecule has 2 aromatic rings. The van der Waals surface area contributed by atoms with E-state index in [9.17, 15) is 4.79 Å². The summed E-state index contributed by atoms with van der Waals surface area (Å²) in [6.07, 6.45) is 1.88. The van der Waals surface area contributed by atoms with Gasteiger partial charge >= 0.3 is 0 Å². The lowest BCUT2D eigenvalue weighted by Gasteiger charge is -2.13. The van der Waals surface area contributed by atoms with Gasteiger partial charge in [-0.05, 0) is 24.6 Å². The molecule has 0 N–H and O–H groups in total. The predicted molar refractivity (Wildman–Crippen MR) is 80.1 cm³/mol. The number of amides is 1. The van der Waals surface area contributed by atoms with Gasteiger partial charge < -0.3 is 4.90 Å². The standard InChI is InChI=1S/C14H17BrN4O/c1-10(12-5-4-6-13(15)7-12)19-9-14(16-17-19)8-18(3)11(2)20/h4-7,9-10H,8H2,1-3H3. The van der Waals surface area contributed by atoms with Crippen LogP contribution in [-0.4, -0.2) is 32.8 Å². The molecule has 0 radical (unpaired) electrons. The fourth-order valence-corrected chi connectivity index (χ4v) is 2.27. The van der Waals surface area contributed by atoms with Gasteiger partial charge in [0.05, 0.1) is 18.8 Å². The van der Waals surface area contributed by atoms with Crippen LogP contribution in [0.3, 0.4) is 0 Å². The van der Waals surface area contributed by atoms with Gasteiger partial charge in [-0.15, -0.1) is 5.10 Å². The topological polar surface area (TPSA) is 51.0 Å². The number of benzene rings is 1. The van der Waals surface area contributed by atoms with Crippen molar-refractivity contribution in [3.8, 4) is 0 Å². The van der Waals surface area contributed by atoms with Gasteiger partial charge in [0.1, 0.15) is 5.69 Å². The van der Waals surface area contributed by atoms with Crippen molar-refractivity contribution in [1.29, 1.82) is 0 Å². The first-order valence-corrected chi connectivity index (χ1v) is 7.14. The number of carbonyl (C=O) groups is 1. The monoisotopic (exact) mass is 336 g/mol. The predicted octanol–water partition coefficient (Wildman–Crippen LogP) is 2.63. The minimum Gasteiger partial charge on any atom is -0.340 e. The summed E-state index contributed by atoms with van der Waals surface area (Å²) in [4.78, 5) is 12.8. The maximum Gasteiger partial charge on any atom is 0.219 e. The van der Waals surface area contributed by atoms with Crippen LogP contribution in [0.2, 0.25) is 0 Å². The van der Waals surface area contributed by atoms with Crippen molar-refractivity contribution in [1.82, 2.24) is 19.9 Å². The van der Waals surface area contributed by atoms with Crippen molar-refractivity contribution >= 4 is 21.8 Å². The summed E-state index contributed by atoms with van der Waals surface area (Å²) in [6.45, 7) is 4.07. The van der Waals surface area contributed by atoms with E-state index in [2.05, 4.69) is 45.3 Å². The summed E-state index contributed by atoms with van der Waals surface area (Å²) in [7, 11) is 1.75. The first-order valence-electron chi connectivity index (χ1n) is 6.35. The van der Waals surface area contributed by atoms with Gasteiger partial charge in [-0.25, -0.2) is 4.68 Å². The van der Waals surface area contributed by atoms with E-state index in [-0.39, 0.29) is 11.9 Å². The molecule has 5 nitrogen and oxygen atoms in total. The first kappa shape index (κ1) is 14.7. The molecule has 0 fully saturated rings. The molecule has 2 rings (SSSR count). The van der Waals surface area contributed by atoms with Crippen LogP contribution in [0.5, 0.6) is 0 Å². The van der Waals surface area contributed by atoms with E-state index in [0.717, 1.165) is 15.7 Å². The van der Waals surface area contributed by atoms with Gasteiger partial charge in [0.15, 0.2) is 0 Å². The van der Waals surface area contributed by atoms with E-state index in [1.165, 1.54) is 6.92 Å².